The molecule has 0 aliphatic heterocycles. The highest BCUT2D eigenvalue weighted by Crippen LogP contribution is 2.34. The third-order valence-electron chi connectivity index (χ3n) is 4.41. The van der Waals surface area contributed by atoms with Crippen molar-refractivity contribution in [3.05, 3.63) is 65.8 Å². The molecule has 0 bridgehead atoms. The molecular formula is C20H23N3O2. The molecule has 0 spiro atoms. The van der Waals surface area contributed by atoms with Gasteiger partial charge in [0, 0.05) is 32.0 Å². The number of aryl methyl sites for hydroxylation is 1. The summed E-state index contributed by atoms with van der Waals surface area (Å²) in [4.78, 5) is 31.6. The van der Waals surface area contributed by atoms with Crippen LogP contribution in [0.2, 0.25) is 0 Å². The first-order chi connectivity index (χ1) is 12.2. The molecule has 0 saturated heterocycles. The van der Waals surface area contributed by atoms with Crippen LogP contribution in [0.1, 0.15) is 31.1 Å². The smallest absolute Gasteiger partial charge is 0.261 e. The van der Waals surface area contributed by atoms with Crippen LogP contribution in [0, 0.1) is 0 Å². The molecule has 25 heavy (non-hydrogen) atoms. The molecule has 5 heteroatoms. The quantitative estimate of drug-likeness (QED) is 0.696. The van der Waals surface area contributed by atoms with E-state index in [-0.39, 0.29) is 17.5 Å². The number of nitrogens with zero attached hydrogens (tertiary/aromatic N) is 3. The largest absolute Gasteiger partial charge is 0.335 e. The first kappa shape index (κ1) is 17.1. The zero-order valence-corrected chi connectivity index (χ0v) is 14.4. The van der Waals surface area contributed by atoms with E-state index in [4.69, 9.17) is 0 Å². The Balaban J connectivity index is 1.86. The molecule has 0 atom stereocenters. The molecule has 1 aliphatic carbocycles. The number of fused-ring (bicyclic) bond motifs is 1. The van der Waals surface area contributed by atoms with Crippen LogP contribution in [0.15, 0.2) is 54.4 Å². The molecule has 5 nitrogen and oxygen atoms in total. The minimum absolute atomic E-state index is 0.00425. The number of rotatable bonds is 8. The van der Waals surface area contributed by atoms with Crippen LogP contribution in [0.5, 0.6) is 0 Å². The Kier molecular flexibility index (Phi) is 5.12. The summed E-state index contributed by atoms with van der Waals surface area (Å²) in [5, 5.41) is 0.643. The van der Waals surface area contributed by atoms with Crippen molar-refractivity contribution in [3.63, 3.8) is 0 Å². The summed E-state index contributed by atoms with van der Waals surface area (Å²) in [6, 6.07) is 7.62. The van der Waals surface area contributed by atoms with E-state index >= 15 is 0 Å². The Morgan fingerprint density at radius 3 is 2.56 bits per heavy atom. The zero-order chi connectivity index (χ0) is 17.8. The minimum Gasteiger partial charge on any atom is -0.335 e. The van der Waals surface area contributed by atoms with Gasteiger partial charge in [0.15, 0.2) is 0 Å². The summed E-state index contributed by atoms with van der Waals surface area (Å²) in [7, 11) is 0. The summed E-state index contributed by atoms with van der Waals surface area (Å²) in [5.74, 6) is 0.723. The number of para-hydroxylation sites is 1. The van der Waals surface area contributed by atoms with Gasteiger partial charge in [-0.2, -0.15) is 0 Å². The maximum absolute atomic E-state index is 12.8. The fourth-order valence-corrected chi connectivity index (χ4v) is 3.04. The average molecular weight is 337 g/mol. The summed E-state index contributed by atoms with van der Waals surface area (Å²) >= 11 is 0. The summed E-state index contributed by atoms with van der Waals surface area (Å²) in [6.07, 6.45) is 6.19. The molecule has 1 amide bonds. The molecule has 3 rings (SSSR count). The molecular weight excluding hydrogens is 314 g/mol. The predicted molar refractivity (Wildman–Crippen MR) is 99.6 cm³/mol. The van der Waals surface area contributed by atoms with Gasteiger partial charge in [0.25, 0.3) is 5.56 Å². The monoisotopic (exact) mass is 337 g/mol. The highest BCUT2D eigenvalue weighted by Gasteiger charge is 2.28. The summed E-state index contributed by atoms with van der Waals surface area (Å²) in [5.41, 5.74) is 0.700. The van der Waals surface area contributed by atoms with Gasteiger partial charge in [0.1, 0.15) is 5.82 Å². The van der Waals surface area contributed by atoms with Gasteiger partial charge in [0.05, 0.1) is 10.9 Å². The first-order valence-electron chi connectivity index (χ1n) is 8.65. The lowest BCUT2D eigenvalue weighted by Gasteiger charge is -2.19. The molecule has 1 heterocycles. The van der Waals surface area contributed by atoms with Gasteiger partial charge >= 0.3 is 0 Å². The maximum atomic E-state index is 12.8. The van der Waals surface area contributed by atoms with Crippen molar-refractivity contribution < 1.29 is 4.79 Å². The molecule has 2 aromatic rings. The van der Waals surface area contributed by atoms with Gasteiger partial charge in [-0.25, -0.2) is 4.98 Å². The van der Waals surface area contributed by atoms with Gasteiger partial charge in [0.2, 0.25) is 5.91 Å². The number of amides is 1. The molecule has 1 aromatic heterocycles. The second kappa shape index (κ2) is 7.47. The lowest BCUT2D eigenvalue weighted by molar-refractivity contribution is -0.130. The minimum atomic E-state index is 0.00425. The van der Waals surface area contributed by atoms with Crippen LogP contribution in [-0.4, -0.2) is 33.4 Å². The lowest BCUT2D eigenvalue weighted by atomic mass is 10.2. The Morgan fingerprint density at radius 1 is 1.24 bits per heavy atom. The second-order valence-corrected chi connectivity index (χ2v) is 6.33. The van der Waals surface area contributed by atoms with E-state index in [9.17, 15) is 9.59 Å². The van der Waals surface area contributed by atoms with Crippen molar-refractivity contribution in [2.24, 2.45) is 0 Å². The van der Waals surface area contributed by atoms with Crippen LogP contribution in [-0.2, 0) is 11.2 Å². The third-order valence-corrected chi connectivity index (χ3v) is 4.41. The van der Waals surface area contributed by atoms with Crippen LogP contribution >= 0.6 is 0 Å². The Morgan fingerprint density at radius 2 is 1.92 bits per heavy atom. The molecule has 1 aliphatic rings. The van der Waals surface area contributed by atoms with Gasteiger partial charge in [-0.1, -0.05) is 24.3 Å². The Labute approximate surface area is 147 Å². The number of benzene rings is 1. The number of hydrogen-bond donors (Lipinski definition) is 0. The number of carbonyl (C=O) groups is 1. The summed E-state index contributed by atoms with van der Waals surface area (Å²) in [6.45, 7) is 8.36. The van der Waals surface area contributed by atoms with Gasteiger partial charge in [-0.05, 0) is 25.0 Å². The van der Waals surface area contributed by atoms with E-state index in [1.807, 2.05) is 24.3 Å². The van der Waals surface area contributed by atoms with E-state index < -0.39 is 0 Å². The number of aromatic nitrogens is 2. The molecule has 130 valence electrons. The Bertz CT molecular complexity index is 855. The number of carbonyl (C=O) groups excluding carboxylic acids is 1. The molecule has 1 saturated carbocycles. The van der Waals surface area contributed by atoms with E-state index in [2.05, 4.69) is 18.1 Å². The van der Waals surface area contributed by atoms with Crippen LogP contribution in [0.25, 0.3) is 10.9 Å². The van der Waals surface area contributed by atoms with Crippen molar-refractivity contribution >= 4 is 16.8 Å². The predicted octanol–water partition coefficient (Wildman–Crippen LogP) is 2.86. The fourth-order valence-electron chi connectivity index (χ4n) is 3.04. The SMILES string of the molecule is C=CCN(CC=C)C(=O)CCc1nc2ccccc2c(=O)n1C1CC1. The van der Waals surface area contributed by atoms with Crippen molar-refractivity contribution in [1.29, 1.82) is 0 Å². The molecule has 0 N–H and O–H groups in total. The summed E-state index contributed by atoms with van der Waals surface area (Å²) < 4.78 is 1.79. The topological polar surface area (TPSA) is 55.2 Å². The third kappa shape index (κ3) is 3.71. The molecule has 1 fully saturated rings. The normalized spacial score (nSPS) is 13.6. The van der Waals surface area contributed by atoms with Crippen molar-refractivity contribution in [3.8, 4) is 0 Å². The van der Waals surface area contributed by atoms with Crippen LogP contribution in [0.4, 0.5) is 0 Å². The van der Waals surface area contributed by atoms with E-state index in [0.29, 0.717) is 42.7 Å². The lowest BCUT2D eigenvalue weighted by Crippen LogP contribution is -2.32. The zero-order valence-electron chi connectivity index (χ0n) is 14.4. The molecule has 0 unspecified atom stereocenters. The van der Waals surface area contributed by atoms with Gasteiger partial charge in [-0.3, -0.25) is 14.2 Å². The molecule has 1 aromatic carbocycles. The van der Waals surface area contributed by atoms with E-state index in [1.54, 1.807) is 21.6 Å². The average Bonchev–Trinajstić information content (AvgIpc) is 3.44. The molecule has 0 radical (unpaired) electrons. The van der Waals surface area contributed by atoms with Crippen molar-refractivity contribution in [2.75, 3.05) is 13.1 Å². The second-order valence-electron chi connectivity index (χ2n) is 6.33. The standard InChI is InChI=1S/C20H23N3O2/c1-3-13-22(14-4-2)19(24)12-11-18-21-17-8-6-5-7-16(17)20(25)23(18)15-9-10-15/h3-8,15H,1-2,9-14H2. The number of hydrogen-bond acceptors (Lipinski definition) is 3. The van der Waals surface area contributed by atoms with Crippen LogP contribution in [0.3, 0.4) is 0 Å². The highest BCUT2D eigenvalue weighted by molar-refractivity contribution is 5.78. The maximum Gasteiger partial charge on any atom is 0.261 e. The fraction of sp³-hybridized carbons (Fsp3) is 0.350. The van der Waals surface area contributed by atoms with Gasteiger partial charge in [-0.15, -0.1) is 13.2 Å². The highest BCUT2D eigenvalue weighted by atomic mass is 16.2. The van der Waals surface area contributed by atoms with E-state index in [1.165, 1.54) is 0 Å². The first-order valence-corrected chi connectivity index (χ1v) is 8.65. The van der Waals surface area contributed by atoms with Crippen molar-refractivity contribution in [1.82, 2.24) is 14.5 Å². The van der Waals surface area contributed by atoms with Crippen molar-refractivity contribution in [2.45, 2.75) is 31.7 Å². The van der Waals surface area contributed by atoms with E-state index in [0.717, 1.165) is 12.8 Å². The van der Waals surface area contributed by atoms with Crippen LogP contribution < -0.4 is 5.56 Å². The Hall–Kier alpha value is -2.69. The van der Waals surface area contributed by atoms with Gasteiger partial charge < -0.3 is 4.90 Å².